The summed E-state index contributed by atoms with van der Waals surface area (Å²) in [6.07, 6.45) is 7.70. The molecule has 5 rings (SSSR count). The van der Waals surface area contributed by atoms with Crippen LogP contribution >= 0.6 is 0 Å². The highest BCUT2D eigenvalue weighted by molar-refractivity contribution is 5.10. The van der Waals surface area contributed by atoms with Gasteiger partial charge in [0.1, 0.15) is 5.76 Å². The molecule has 3 heterocycles. The molecule has 1 aromatic heterocycles. The van der Waals surface area contributed by atoms with Crippen molar-refractivity contribution in [3.05, 3.63) is 24.2 Å². The summed E-state index contributed by atoms with van der Waals surface area (Å²) in [5.41, 5.74) is 0. The van der Waals surface area contributed by atoms with E-state index in [0.717, 1.165) is 36.7 Å². The van der Waals surface area contributed by atoms with Crippen molar-refractivity contribution in [2.45, 2.75) is 43.9 Å². The summed E-state index contributed by atoms with van der Waals surface area (Å²) in [5.74, 6) is 3.67. The third kappa shape index (κ3) is 2.08. The molecule has 2 aliphatic heterocycles. The first kappa shape index (κ1) is 13.6. The van der Waals surface area contributed by atoms with Crippen molar-refractivity contribution in [2.24, 2.45) is 17.8 Å². The first-order chi connectivity index (χ1) is 10.9. The fourth-order valence-corrected chi connectivity index (χ4v) is 5.56. The Labute approximate surface area is 132 Å². The first-order valence-corrected chi connectivity index (χ1v) is 9.02. The smallest absolute Gasteiger partial charge is 0.122 e. The van der Waals surface area contributed by atoms with Crippen molar-refractivity contribution in [2.75, 3.05) is 26.2 Å². The molecular formula is C18H26N2O2. The van der Waals surface area contributed by atoms with Crippen LogP contribution in [-0.4, -0.2) is 43.3 Å². The topological polar surface area (TPSA) is 37.6 Å². The Morgan fingerprint density at radius 3 is 2.95 bits per heavy atom. The van der Waals surface area contributed by atoms with Gasteiger partial charge in [0.2, 0.25) is 0 Å². The highest BCUT2D eigenvalue weighted by Gasteiger charge is 2.56. The lowest BCUT2D eigenvalue weighted by Crippen LogP contribution is -2.47. The molecule has 120 valence electrons. The molecule has 1 N–H and O–H groups in total. The molecule has 0 aromatic carbocycles. The van der Waals surface area contributed by atoms with Crippen LogP contribution in [0.15, 0.2) is 22.8 Å². The molecule has 0 spiro atoms. The van der Waals surface area contributed by atoms with Gasteiger partial charge in [-0.3, -0.25) is 4.90 Å². The van der Waals surface area contributed by atoms with Gasteiger partial charge in [-0.05, 0) is 68.7 Å². The van der Waals surface area contributed by atoms with Crippen LogP contribution in [0.5, 0.6) is 0 Å². The van der Waals surface area contributed by atoms with E-state index in [1.807, 2.05) is 6.07 Å². The SMILES string of the molecule is c1coc(C(CNC2[C@@H]3C[C@@H]4CO[C@H]2[C@H]4C3)N2CCCC2)c1. The summed E-state index contributed by atoms with van der Waals surface area (Å²) < 4.78 is 11.8. The van der Waals surface area contributed by atoms with Crippen LogP contribution in [-0.2, 0) is 4.74 Å². The number of hydrogen-bond donors (Lipinski definition) is 1. The predicted molar refractivity (Wildman–Crippen MR) is 83.5 cm³/mol. The Balaban J connectivity index is 1.29. The van der Waals surface area contributed by atoms with Crippen LogP contribution in [0, 0.1) is 17.8 Å². The van der Waals surface area contributed by atoms with Gasteiger partial charge in [0, 0.05) is 12.6 Å². The van der Waals surface area contributed by atoms with Crippen LogP contribution in [0.4, 0.5) is 0 Å². The minimum atomic E-state index is 0.383. The van der Waals surface area contributed by atoms with Gasteiger partial charge in [-0.15, -0.1) is 0 Å². The van der Waals surface area contributed by atoms with E-state index in [-0.39, 0.29) is 0 Å². The second kappa shape index (κ2) is 5.36. The lowest BCUT2D eigenvalue weighted by Gasteiger charge is -2.32. The number of likely N-dealkylation sites (tertiary alicyclic amines) is 1. The van der Waals surface area contributed by atoms with Crippen molar-refractivity contribution >= 4 is 0 Å². The fraction of sp³-hybridized carbons (Fsp3) is 0.778. The number of fused-ring (bicyclic) bond motifs is 1. The average Bonchev–Trinajstić information content (AvgIpc) is 3.26. The largest absolute Gasteiger partial charge is 0.468 e. The quantitative estimate of drug-likeness (QED) is 0.906. The summed E-state index contributed by atoms with van der Waals surface area (Å²) >= 11 is 0. The van der Waals surface area contributed by atoms with Crippen LogP contribution in [0.1, 0.15) is 37.5 Å². The van der Waals surface area contributed by atoms with Gasteiger partial charge in [-0.1, -0.05) is 0 Å². The lowest BCUT2D eigenvalue weighted by molar-refractivity contribution is 0.0718. The van der Waals surface area contributed by atoms with Crippen LogP contribution in [0.2, 0.25) is 0 Å². The molecule has 4 nitrogen and oxygen atoms in total. The van der Waals surface area contributed by atoms with E-state index in [9.17, 15) is 0 Å². The number of nitrogens with one attached hydrogen (secondary N) is 1. The standard InChI is InChI=1S/C18H26N2O2/c1-2-6-20(5-1)15(16-4-3-7-21-16)10-19-17-12-8-13-11-22-18(17)14(13)9-12/h3-4,7,12-15,17-19H,1-2,5-6,8-11H2/t12-,13-,14+,15?,17?,18+/m1/s1. The number of nitrogens with zero attached hydrogens (tertiary/aromatic N) is 1. The van der Waals surface area contributed by atoms with E-state index in [4.69, 9.17) is 9.15 Å². The van der Waals surface area contributed by atoms with Crippen LogP contribution in [0.3, 0.4) is 0 Å². The van der Waals surface area contributed by atoms with E-state index in [1.165, 1.54) is 38.8 Å². The Kier molecular flexibility index (Phi) is 3.31. The maximum Gasteiger partial charge on any atom is 0.122 e. The average molecular weight is 302 g/mol. The summed E-state index contributed by atoms with van der Waals surface area (Å²) in [6.45, 7) is 4.40. The van der Waals surface area contributed by atoms with Gasteiger partial charge in [0.15, 0.2) is 0 Å². The van der Waals surface area contributed by atoms with Crippen molar-refractivity contribution in [3.8, 4) is 0 Å². The predicted octanol–water partition coefficient (Wildman–Crippen LogP) is 2.43. The van der Waals surface area contributed by atoms with Crippen molar-refractivity contribution in [1.82, 2.24) is 10.2 Å². The molecular weight excluding hydrogens is 276 g/mol. The molecule has 22 heavy (non-hydrogen) atoms. The Morgan fingerprint density at radius 2 is 2.14 bits per heavy atom. The molecule has 2 saturated heterocycles. The molecule has 2 bridgehead atoms. The van der Waals surface area contributed by atoms with Crippen LogP contribution in [0.25, 0.3) is 0 Å². The van der Waals surface area contributed by atoms with Gasteiger partial charge in [0.05, 0.1) is 25.0 Å². The fourth-order valence-electron chi connectivity index (χ4n) is 5.56. The van der Waals surface area contributed by atoms with E-state index >= 15 is 0 Å². The lowest BCUT2D eigenvalue weighted by atomic mass is 9.87. The van der Waals surface area contributed by atoms with E-state index in [1.54, 1.807) is 6.26 Å². The minimum Gasteiger partial charge on any atom is -0.468 e. The van der Waals surface area contributed by atoms with Crippen molar-refractivity contribution < 1.29 is 9.15 Å². The first-order valence-electron chi connectivity index (χ1n) is 9.02. The van der Waals surface area contributed by atoms with Gasteiger partial charge < -0.3 is 14.5 Å². The normalized spacial score (nSPS) is 41.5. The number of rotatable bonds is 5. The van der Waals surface area contributed by atoms with E-state index < -0.39 is 0 Å². The zero-order valence-electron chi connectivity index (χ0n) is 13.1. The maximum atomic E-state index is 6.09. The molecule has 2 unspecified atom stereocenters. The molecule has 2 saturated carbocycles. The summed E-state index contributed by atoms with van der Waals surface area (Å²) in [6, 6.07) is 5.10. The molecule has 6 atom stereocenters. The molecule has 1 aromatic rings. The zero-order valence-corrected chi connectivity index (χ0v) is 13.1. The summed E-state index contributed by atoms with van der Waals surface area (Å²) in [4.78, 5) is 2.58. The third-order valence-electron chi connectivity index (χ3n) is 6.57. The molecule has 2 aliphatic carbocycles. The van der Waals surface area contributed by atoms with Crippen molar-refractivity contribution in [1.29, 1.82) is 0 Å². The Morgan fingerprint density at radius 1 is 1.23 bits per heavy atom. The monoisotopic (exact) mass is 302 g/mol. The van der Waals surface area contributed by atoms with Gasteiger partial charge in [0.25, 0.3) is 0 Å². The second-order valence-electron chi connectivity index (χ2n) is 7.66. The summed E-state index contributed by atoms with van der Waals surface area (Å²) in [5, 5.41) is 3.88. The third-order valence-corrected chi connectivity index (χ3v) is 6.57. The van der Waals surface area contributed by atoms with Crippen molar-refractivity contribution in [3.63, 3.8) is 0 Å². The number of furan rings is 1. The highest BCUT2D eigenvalue weighted by atomic mass is 16.5. The van der Waals surface area contributed by atoms with Gasteiger partial charge in [-0.2, -0.15) is 0 Å². The number of ether oxygens (including phenoxy) is 1. The summed E-state index contributed by atoms with van der Waals surface area (Å²) in [7, 11) is 0. The molecule has 0 radical (unpaired) electrons. The molecule has 0 amide bonds. The van der Waals surface area contributed by atoms with E-state index in [2.05, 4.69) is 16.3 Å². The maximum absolute atomic E-state index is 6.09. The number of hydrogen-bond acceptors (Lipinski definition) is 4. The van der Waals surface area contributed by atoms with Crippen LogP contribution < -0.4 is 5.32 Å². The van der Waals surface area contributed by atoms with Gasteiger partial charge in [-0.25, -0.2) is 0 Å². The Hall–Kier alpha value is -0.840. The molecule has 4 fully saturated rings. The van der Waals surface area contributed by atoms with E-state index in [0.29, 0.717) is 18.2 Å². The molecule has 4 heteroatoms. The Bertz CT molecular complexity index is 509. The minimum absolute atomic E-state index is 0.383. The highest BCUT2D eigenvalue weighted by Crippen LogP contribution is 2.53. The molecule has 4 aliphatic rings. The van der Waals surface area contributed by atoms with Gasteiger partial charge >= 0.3 is 0 Å². The second-order valence-corrected chi connectivity index (χ2v) is 7.66. The zero-order chi connectivity index (χ0) is 14.5.